The van der Waals surface area contributed by atoms with E-state index in [4.69, 9.17) is 5.73 Å². The first-order chi connectivity index (χ1) is 14.9. The maximum Gasteiger partial charge on any atom is 0.194 e. The fourth-order valence-corrected chi connectivity index (χ4v) is 4.37. The maximum atomic E-state index is 14.8. The summed E-state index contributed by atoms with van der Waals surface area (Å²) in [7, 11) is 0. The molecule has 0 unspecified atom stereocenters. The summed E-state index contributed by atoms with van der Waals surface area (Å²) in [6, 6.07) is 11.2. The second kappa shape index (κ2) is 8.79. The summed E-state index contributed by atoms with van der Waals surface area (Å²) in [6.07, 6.45) is 4.30. The SMILES string of the molecule is NCC1CCC(c2ccc(-c3ccc(-c4cc(F)c(F)c(F)c4)c(F)c3F)cc2)CC1. The smallest absolute Gasteiger partial charge is 0.194 e. The third-order valence-electron chi connectivity index (χ3n) is 6.25. The molecule has 0 bridgehead atoms. The molecule has 0 heterocycles. The van der Waals surface area contributed by atoms with Crippen LogP contribution in [0.1, 0.15) is 37.2 Å². The van der Waals surface area contributed by atoms with Gasteiger partial charge in [0.2, 0.25) is 0 Å². The Balaban J connectivity index is 1.60. The third kappa shape index (κ3) is 4.22. The lowest BCUT2D eigenvalue weighted by Gasteiger charge is -2.28. The van der Waals surface area contributed by atoms with E-state index in [1.54, 1.807) is 12.1 Å². The topological polar surface area (TPSA) is 26.0 Å². The van der Waals surface area contributed by atoms with Crippen LogP contribution in [0, 0.1) is 35.0 Å². The molecule has 0 amide bonds. The first-order valence-electron chi connectivity index (χ1n) is 10.3. The minimum atomic E-state index is -1.65. The zero-order valence-electron chi connectivity index (χ0n) is 16.8. The molecule has 0 saturated heterocycles. The van der Waals surface area contributed by atoms with E-state index in [-0.39, 0.29) is 16.7 Å². The van der Waals surface area contributed by atoms with Crippen LogP contribution in [-0.2, 0) is 0 Å². The quantitative estimate of drug-likeness (QED) is 0.351. The molecular formula is C25H22F5N. The minimum Gasteiger partial charge on any atom is -0.330 e. The first-order valence-corrected chi connectivity index (χ1v) is 10.3. The summed E-state index contributed by atoms with van der Waals surface area (Å²) in [6.45, 7) is 0.712. The van der Waals surface area contributed by atoms with Gasteiger partial charge in [0, 0.05) is 11.1 Å². The van der Waals surface area contributed by atoms with E-state index in [1.807, 2.05) is 12.1 Å². The van der Waals surface area contributed by atoms with Crippen molar-refractivity contribution < 1.29 is 22.0 Å². The van der Waals surface area contributed by atoms with E-state index in [9.17, 15) is 22.0 Å². The largest absolute Gasteiger partial charge is 0.330 e. The molecule has 31 heavy (non-hydrogen) atoms. The Hall–Kier alpha value is -2.73. The molecule has 6 heteroatoms. The standard InChI is InChI=1S/C25H22F5N/c26-21-11-18(12-22(27)25(21)30)20-10-9-19(23(28)24(20)29)17-7-5-16(6-8-17)15-3-1-14(13-31)2-4-15/h5-12,14-15H,1-4,13,31H2. The van der Waals surface area contributed by atoms with Crippen molar-refractivity contribution in [2.75, 3.05) is 6.54 Å². The van der Waals surface area contributed by atoms with Gasteiger partial charge < -0.3 is 5.73 Å². The van der Waals surface area contributed by atoms with Crippen molar-refractivity contribution >= 4 is 0 Å². The van der Waals surface area contributed by atoms with Gasteiger partial charge in [-0.1, -0.05) is 36.4 Å². The second-order valence-corrected chi connectivity index (χ2v) is 8.12. The average molecular weight is 431 g/mol. The van der Waals surface area contributed by atoms with Crippen molar-refractivity contribution in [3.05, 3.63) is 83.2 Å². The van der Waals surface area contributed by atoms with Crippen LogP contribution in [0.15, 0.2) is 48.5 Å². The van der Waals surface area contributed by atoms with E-state index < -0.39 is 29.1 Å². The Labute approximate surface area is 177 Å². The lowest BCUT2D eigenvalue weighted by atomic mass is 9.78. The molecule has 0 spiro atoms. The van der Waals surface area contributed by atoms with Crippen LogP contribution < -0.4 is 5.73 Å². The zero-order chi connectivity index (χ0) is 22.1. The molecule has 1 fully saturated rings. The summed E-state index contributed by atoms with van der Waals surface area (Å²) in [5.41, 5.74) is 6.84. The maximum absolute atomic E-state index is 14.8. The van der Waals surface area contributed by atoms with Crippen LogP contribution in [0.3, 0.4) is 0 Å². The van der Waals surface area contributed by atoms with Crippen molar-refractivity contribution in [3.63, 3.8) is 0 Å². The molecular weight excluding hydrogens is 409 g/mol. The van der Waals surface area contributed by atoms with Crippen molar-refractivity contribution in [2.24, 2.45) is 11.7 Å². The molecule has 3 aromatic carbocycles. The monoisotopic (exact) mass is 431 g/mol. The number of rotatable bonds is 4. The molecule has 162 valence electrons. The van der Waals surface area contributed by atoms with Crippen molar-refractivity contribution in [1.29, 1.82) is 0 Å². The Kier molecular flexibility index (Phi) is 6.10. The van der Waals surface area contributed by atoms with E-state index in [0.717, 1.165) is 31.2 Å². The van der Waals surface area contributed by atoms with Gasteiger partial charge in [0.25, 0.3) is 0 Å². The number of halogens is 5. The van der Waals surface area contributed by atoms with Crippen molar-refractivity contribution in [1.82, 2.24) is 0 Å². The van der Waals surface area contributed by atoms with Crippen LogP contribution in [0.4, 0.5) is 22.0 Å². The highest BCUT2D eigenvalue weighted by atomic mass is 19.2. The summed E-state index contributed by atoms with van der Waals surface area (Å²) in [5, 5.41) is 0. The van der Waals surface area contributed by atoms with Crippen LogP contribution in [0.2, 0.25) is 0 Å². The van der Waals surface area contributed by atoms with E-state index >= 15 is 0 Å². The number of benzene rings is 3. The summed E-state index contributed by atoms with van der Waals surface area (Å²) in [5.74, 6) is -5.94. The van der Waals surface area contributed by atoms with Crippen LogP contribution in [0.5, 0.6) is 0 Å². The average Bonchev–Trinajstić information content (AvgIpc) is 2.79. The predicted octanol–water partition coefficient (Wildman–Crippen LogP) is 6.95. The van der Waals surface area contributed by atoms with Gasteiger partial charge in [-0.05, 0) is 72.9 Å². The first kappa shape index (κ1) is 21.5. The summed E-state index contributed by atoms with van der Waals surface area (Å²) < 4.78 is 69.7. The predicted molar refractivity (Wildman–Crippen MR) is 111 cm³/mol. The van der Waals surface area contributed by atoms with Gasteiger partial charge in [0.05, 0.1) is 0 Å². The van der Waals surface area contributed by atoms with Gasteiger partial charge >= 0.3 is 0 Å². The van der Waals surface area contributed by atoms with Crippen LogP contribution in [-0.4, -0.2) is 6.54 Å². The molecule has 0 aromatic heterocycles. The molecule has 2 N–H and O–H groups in total. The Morgan fingerprint density at radius 3 is 1.68 bits per heavy atom. The van der Waals surface area contributed by atoms with Gasteiger partial charge in [0.1, 0.15) is 0 Å². The molecule has 3 aromatic rings. The molecule has 1 nitrogen and oxygen atoms in total. The van der Waals surface area contributed by atoms with Gasteiger partial charge in [0.15, 0.2) is 29.1 Å². The number of hydrogen-bond acceptors (Lipinski definition) is 1. The van der Waals surface area contributed by atoms with Gasteiger partial charge in [-0.2, -0.15) is 0 Å². The summed E-state index contributed by atoms with van der Waals surface area (Å²) in [4.78, 5) is 0. The van der Waals surface area contributed by atoms with Crippen molar-refractivity contribution in [3.8, 4) is 22.3 Å². The highest BCUT2D eigenvalue weighted by molar-refractivity contribution is 5.72. The Morgan fingerprint density at radius 2 is 1.16 bits per heavy atom. The fraction of sp³-hybridized carbons (Fsp3) is 0.280. The molecule has 1 aliphatic carbocycles. The zero-order valence-corrected chi connectivity index (χ0v) is 16.8. The Morgan fingerprint density at radius 1 is 0.645 bits per heavy atom. The van der Waals surface area contributed by atoms with Gasteiger partial charge in [-0.3, -0.25) is 0 Å². The lowest BCUT2D eigenvalue weighted by molar-refractivity contribution is 0.333. The van der Waals surface area contributed by atoms with Gasteiger partial charge in [-0.15, -0.1) is 0 Å². The third-order valence-corrected chi connectivity index (χ3v) is 6.25. The number of hydrogen-bond donors (Lipinski definition) is 1. The van der Waals surface area contributed by atoms with Crippen LogP contribution in [0.25, 0.3) is 22.3 Å². The second-order valence-electron chi connectivity index (χ2n) is 8.12. The molecule has 1 aliphatic rings. The summed E-state index contributed by atoms with van der Waals surface area (Å²) >= 11 is 0. The van der Waals surface area contributed by atoms with E-state index in [1.165, 1.54) is 12.1 Å². The minimum absolute atomic E-state index is 0.0442. The lowest BCUT2D eigenvalue weighted by Crippen LogP contribution is -2.20. The normalized spacial score (nSPS) is 18.9. The Bertz CT molecular complexity index is 1060. The highest BCUT2D eigenvalue weighted by Gasteiger charge is 2.22. The number of nitrogens with two attached hydrogens (primary N) is 1. The fourth-order valence-electron chi connectivity index (χ4n) is 4.37. The molecule has 0 aliphatic heterocycles. The highest BCUT2D eigenvalue weighted by Crippen LogP contribution is 2.37. The van der Waals surface area contributed by atoms with Crippen LogP contribution >= 0.6 is 0 Å². The molecule has 0 radical (unpaired) electrons. The van der Waals surface area contributed by atoms with E-state index in [2.05, 4.69) is 0 Å². The van der Waals surface area contributed by atoms with E-state index in [0.29, 0.717) is 36.1 Å². The molecule has 1 saturated carbocycles. The van der Waals surface area contributed by atoms with Crippen molar-refractivity contribution in [2.45, 2.75) is 31.6 Å². The molecule has 0 atom stereocenters. The van der Waals surface area contributed by atoms with Gasteiger partial charge in [-0.25, -0.2) is 22.0 Å². The molecule has 4 rings (SSSR count).